The van der Waals surface area contributed by atoms with Crippen LogP contribution in [0.3, 0.4) is 0 Å². The highest BCUT2D eigenvalue weighted by atomic mass is 32.2. The molecule has 2 aliphatic rings. The third-order valence-electron chi connectivity index (χ3n) is 15.2. The van der Waals surface area contributed by atoms with E-state index in [2.05, 4.69) is 68.8 Å². The van der Waals surface area contributed by atoms with Crippen molar-refractivity contribution in [1.29, 1.82) is 0 Å². The summed E-state index contributed by atoms with van der Waals surface area (Å²) < 4.78 is 124. The number of nitrogens with two attached hydrogens (primary N) is 2. The van der Waals surface area contributed by atoms with Crippen LogP contribution in [-0.4, -0.2) is 268 Å². The van der Waals surface area contributed by atoms with Crippen LogP contribution in [0.5, 0.6) is 0 Å². The second-order valence-electron chi connectivity index (χ2n) is 25.9. The minimum atomic E-state index is -5.58. The third-order valence-corrected chi connectivity index (χ3v) is 23.3. The fraction of sp³-hybridized carbons (Fsp3) is 0.692. The number of nitrogen functional groups attached to an aromatic ring is 2. The topological polar surface area (TPSA) is 768 Å². The molecule has 22 N–H and O–H groups in total. The van der Waals surface area contributed by atoms with Crippen molar-refractivity contribution in [2.45, 2.75) is 142 Å². The van der Waals surface area contributed by atoms with Crippen molar-refractivity contribution in [3.63, 3.8) is 0 Å². The lowest BCUT2D eigenvalue weighted by Gasteiger charge is -2.30. The molecule has 0 saturated carbocycles. The van der Waals surface area contributed by atoms with E-state index >= 15 is 0 Å². The Labute approximate surface area is 632 Å². The van der Waals surface area contributed by atoms with Crippen LogP contribution in [0.15, 0.2) is 25.3 Å². The molecule has 0 aromatic carbocycles. The Bertz CT molecular complexity index is 3880. The number of hydrogen-bond donors (Lipinski definition) is 20. The summed E-state index contributed by atoms with van der Waals surface area (Å²) in [5.74, 6) is -3.18. The molecule has 2 fully saturated rings. The van der Waals surface area contributed by atoms with Crippen molar-refractivity contribution < 1.29 is 171 Å². The molecular weight excluding hydrogens is 1650 g/mol. The van der Waals surface area contributed by atoms with E-state index in [0.717, 1.165) is 58.0 Å². The van der Waals surface area contributed by atoms with Crippen molar-refractivity contribution in [3.05, 3.63) is 25.3 Å². The summed E-state index contributed by atoms with van der Waals surface area (Å²) in [6, 6.07) is 0. The van der Waals surface area contributed by atoms with Crippen molar-refractivity contribution >= 4 is 138 Å². The lowest BCUT2D eigenvalue weighted by atomic mass is 9.87. The van der Waals surface area contributed by atoms with Gasteiger partial charge in [-0.3, -0.25) is 65.0 Å². The van der Waals surface area contributed by atoms with E-state index in [-0.39, 0.29) is 96.3 Å². The monoisotopic (exact) mass is 1730 g/mol. The SMILES string of the molecule is CC(C)C(O)C(=O)SCCNC(=O)CCNC(=O)[C@H](O)C(C)(C)COP(=O)(O)OP(=O)(O)OC[C@H]1O[C@@H](n2cnc3c(N)ncnc32)[C@H](O)[C@@H]1OP(=O)(O)O.CC(C)[C@@H](O)C(=O)SCCNC(=O)CCNC(=O)[C@H](O)C(C)(C)COP(=O)(O)OP(=O)(O)OC[C@H]1O[C@@H](n2cnc3c(N)ncnc32)[C@H](O)[C@@H]1OP(=O)(O)O. The zero-order chi connectivity index (χ0) is 83.0. The molecule has 4 aromatic heterocycles. The maximum Gasteiger partial charge on any atom is 0.481 e. The van der Waals surface area contributed by atoms with Gasteiger partial charge in [-0.1, -0.05) is 78.9 Å². The number of thioether (sulfide) groups is 2. The van der Waals surface area contributed by atoms with Crippen LogP contribution < -0.4 is 32.7 Å². The molecule has 0 spiro atoms. The van der Waals surface area contributed by atoms with Crippen molar-refractivity contribution in [2.75, 3.05) is 75.6 Å². The molecule has 0 bridgehead atoms. The Hall–Kier alpha value is -4.96. The number of imidazole rings is 2. The number of aromatic nitrogens is 8. The molecule has 2 aliphatic heterocycles. The number of amides is 4. The van der Waals surface area contributed by atoms with E-state index in [4.69, 9.17) is 39.0 Å². The maximum absolute atomic E-state index is 12.7. The molecule has 50 nitrogen and oxygen atoms in total. The first-order valence-corrected chi connectivity index (χ1v) is 43.2. The van der Waals surface area contributed by atoms with Gasteiger partial charge in [0, 0.05) is 61.4 Å². The number of rotatable bonds is 42. The van der Waals surface area contributed by atoms with E-state index in [1.54, 1.807) is 27.7 Å². The van der Waals surface area contributed by atoms with Gasteiger partial charge in [-0.25, -0.2) is 57.3 Å². The van der Waals surface area contributed by atoms with Crippen LogP contribution in [0.2, 0.25) is 0 Å². The molecule has 0 radical (unpaired) electrons. The minimum absolute atomic E-state index is 0.0252. The molecular formula is C52H88N14O36P6S2. The predicted molar refractivity (Wildman–Crippen MR) is 376 cm³/mol. The van der Waals surface area contributed by atoms with E-state index < -0.39 is 192 Å². The Kier molecular flexibility index (Phi) is 35.3. The number of phosphoric ester groups is 6. The first kappa shape index (κ1) is 95.6. The summed E-state index contributed by atoms with van der Waals surface area (Å²) in [5, 5.41) is 71.0. The number of hydrogen-bond acceptors (Lipinski definition) is 38. The van der Waals surface area contributed by atoms with Crippen LogP contribution in [0.1, 0.15) is 80.7 Å². The fourth-order valence-electron chi connectivity index (χ4n) is 9.28. The van der Waals surface area contributed by atoms with Gasteiger partial charge in [0.05, 0.1) is 39.1 Å². The average Bonchev–Trinajstić information content (AvgIpc) is 1.62. The van der Waals surface area contributed by atoms with Gasteiger partial charge in [0.2, 0.25) is 33.9 Å². The van der Waals surface area contributed by atoms with Crippen molar-refractivity contribution in [3.8, 4) is 0 Å². The number of aliphatic hydroxyl groups is 6. The van der Waals surface area contributed by atoms with Crippen LogP contribution in [0.25, 0.3) is 22.3 Å². The van der Waals surface area contributed by atoms with Gasteiger partial charge >= 0.3 is 46.9 Å². The molecule has 624 valence electrons. The highest BCUT2D eigenvalue weighted by Gasteiger charge is 2.53. The van der Waals surface area contributed by atoms with Gasteiger partial charge in [-0.05, 0) is 11.8 Å². The Morgan fingerprint density at radius 1 is 0.518 bits per heavy atom. The average molecular weight is 1740 g/mol. The quantitative estimate of drug-likeness (QED) is 0.0159. The summed E-state index contributed by atoms with van der Waals surface area (Å²) in [4.78, 5) is 174. The largest absolute Gasteiger partial charge is 0.481 e. The number of aliphatic hydroxyl groups excluding tert-OH is 6. The number of nitrogens with one attached hydrogen (secondary N) is 4. The standard InChI is InChI=1S/2C26H44N7O18P3S/c2*1-13(2)17(35)25(39)55-8-7-28-15(34)5-6-29-23(38)20(37)26(3,4)10-48-54(45,46)51-53(43,44)47-9-14-19(50-52(40,41)42)18(36)24(49-14)33-12-32-16-21(27)30-11-31-22(16)33/h2*11-14,17-20,24,35-37H,5-10H2,1-4H3,(H,28,34)(H,29,38)(H,43,44)(H,45,46)(H2,27,30,31)(H2,40,41,42)/t14-,17?,18-,19-,20+,24-;14-,17-,18-,19-,20+,24-/m11/s1. The van der Waals surface area contributed by atoms with Gasteiger partial charge in [0.15, 0.2) is 35.4 Å². The van der Waals surface area contributed by atoms with Crippen molar-refractivity contribution in [1.82, 2.24) is 60.3 Å². The second kappa shape index (κ2) is 40.6. The molecule has 2 saturated heterocycles. The Morgan fingerprint density at radius 3 is 1.16 bits per heavy atom. The van der Waals surface area contributed by atoms with Crippen LogP contribution >= 0.6 is 70.5 Å². The molecule has 58 heteroatoms. The molecule has 4 aromatic rings. The zero-order valence-electron chi connectivity index (χ0n) is 59.4. The van der Waals surface area contributed by atoms with Gasteiger partial charge in [-0.15, -0.1) is 0 Å². The lowest BCUT2D eigenvalue weighted by molar-refractivity contribution is -0.137. The summed E-state index contributed by atoms with van der Waals surface area (Å²) >= 11 is 1.71. The predicted octanol–water partition coefficient (Wildman–Crippen LogP) is -2.64. The van der Waals surface area contributed by atoms with Crippen LogP contribution in [-0.2, 0) is 101 Å². The lowest BCUT2D eigenvalue weighted by Crippen LogP contribution is -2.46. The Morgan fingerprint density at radius 2 is 0.845 bits per heavy atom. The summed E-state index contributed by atoms with van der Waals surface area (Å²) in [7, 11) is -32.8. The number of phosphoric acid groups is 6. The second-order valence-corrected chi connectivity index (χ2v) is 36.5. The molecule has 6 heterocycles. The van der Waals surface area contributed by atoms with Crippen LogP contribution in [0, 0.1) is 22.7 Å². The fourth-order valence-corrected chi connectivity index (χ4v) is 16.6. The normalized spacial score (nSPS) is 22.5. The molecule has 0 aliphatic carbocycles. The van der Waals surface area contributed by atoms with Gasteiger partial charge in [0.1, 0.15) is 84.7 Å². The summed E-state index contributed by atoms with van der Waals surface area (Å²) in [6.45, 7) is 7.35. The summed E-state index contributed by atoms with van der Waals surface area (Å²) in [6.07, 6.45) is -16.3. The molecule has 16 atom stereocenters. The van der Waals surface area contributed by atoms with Crippen LogP contribution in [0.4, 0.5) is 11.6 Å². The smallest absolute Gasteiger partial charge is 0.386 e. The van der Waals surface area contributed by atoms with E-state index in [1.165, 1.54) is 27.7 Å². The van der Waals surface area contributed by atoms with E-state index in [9.17, 15) is 126 Å². The van der Waals surface area contributed by atoms with E-state index in [1.807, 2.05) is 0 Å². The summed E-state index contributed by atoms with van der Waals surface area (Å²) in [5.41, 5.74) is 8.46. The maximum atomic E-state index is 12.7. The first-order chi connectivity index (χ1) is 50.7. The number of anilines is 2. The zero-order valence-corrected chi connectivity index (χ0v) is 66.4. The number of fused-ring (bicyclic) bond motifs is 2. The van der Waals surface area contributed by atoms with Gasteiger partial charge < -0.3 is 112 Å². The highest BCUT2D eigenvalue weighted by Crippen LogP contribution is 2.63. The Balaban J connectivity index is 0.000000394. The van der Waals surface area contributed by atoms with E-state index in [0.29, 0.717) is 0 Å². The third kappa shape index (κ3) is 29.4. The highest BCUT2D eigenvalue weighted by molar-refractivity contribution is 8.14. The van der Waals surface area contributed by atoms with Gasteiger partial charge in [-0.2, -0.15) is 8.62 Å². The van der Waals surface area contributed by atoms with Gasteiger partial charge in [0.25, 0.3) is 0 Å². The van der Waals surface area contributed by atoms with Crippen molar-refractivity contribution in [2.24, 2.45) is 22.7 Å². The molecule has 110 heavy (non-hydrogen) atoms. The molecule has 4 amide bonds. The molecule has 5 unspecified atom stereocenters. The number of carbonyl (C=O) groups excluding carboxylic acids is 6. The number of ether oxygens (including phenoxy) is 2. The number of nitrogens with zero attached hydrogens (tertiary/aromatic N) is 8. The minimum Gasteiger partial charge on any atom is -0.386 e. The number of carbonyl (C=O) groups is 6. The first-order valence-electron chi connectivity index (χ1n) is 32.2. The molecule has 6 rings (SSSR count).